The van der Waals surface area contributed by atoms with Crippen molar-refractivity contribution in [1.29, 1.82) is 0 Å². The molecule has 3 rings (SSSR count). The number of anilines is 1. The van der Waals surface area contributed by atoms with Gasteiger partial charge in [-0.25, -0.2) is 0 Å². The minimum absolute atomic E-state index is 0.0360. The average molecular weight is 586 g/mol. The van der Waals surface area contributed by atoms with Crippen molar-refractivity contribution >= 4 is 40.0 Å². The van der Waals surface area contributed by atoms with Crippen LogP contribution in [0.4, 0.5) is 5.69 Å². The molecule has 6 nitrogen and oxygen atoms in total. The van der Waals surface area contributed by atoms with Crippen LogP contribution in [0.15, 0.2) is 57.5 Å². The predicted octanol–water partition coefficient (Wildman–Crippen LogP) is 8.17. The maximum absolute atomic E-state index is 13.3. The molecule has 0 spiro atoms. The monoisotopic (exact) mass is 585 g/mol. The van der Waals surface area contributed by atoms with Crippen molar-refractivity contribution < 1.29 is 14.3 Å². The summed E-state index contributed by atoms with van der Waals surface area (Å²) in [6.07, 6.45) is 2.02. The van der Waals surface area contributed by atoms with Crippen LogP contribution in [-0.2, 0) is 11.2 Å². The van der Waals surface area contributed by atoms with Gasteiger partial charge >= 0.3 is 0 Å². The van der Waals surface area contributed by atoms with E-state index in [-0.39, 0.29) is 11.4 Å². The molecular weight excluding hydrogens is 539 g/mol. The molecule has 0 bridgehead atoms. The second-order valence-corrected chi connectivity index (χ2v) is 11.4. The number of fused-ring (bicyclic) bond motifs is 1. The summed E-state index contributed by atoms with van der Waals surface area (Å²) in [4.78, 5) is 17.5. The van der Waals surface area contributed by atoms with E-state index in [0.717, 1.165) is 61.6 Å². The van der Waals surface area contributed by atoms with Crippen LogP contribution in [0.25, 0.3) is 4.91 Å². The van der Waals surface area contributed by atoms with Gasteiger partial charge in [0.15, 0.2) is 0 Å². The molecule has 1 amide bonds. The van der Waals surface area contributed by atoms with E-state index in [2.05, 4.69) is 45.1 Å². The number of hydrogen-bond acceptors (Lipinski definition) is 7. The lowest BCUT2D eigenvalue weighted by Gasteiger charge is -2.20. The number of thioether (sulfide) groups is 2. The van der Waals surface area contributed by atoms with E-state index in [4.69, 9.17) is 15.2 Å². The third-order valence-corrected chi connectivity index (χ3v) is 9.07. The van der Waals surface area contributed by atoms with Gasteiger partial charge in [-0.3, -0.25) is 4.79 Å². The standard InChI is InChI=1S/C30H41N3O3S2.C2H6/c1-8-19(5)28(23-14-13-22(35-10-3)18-25(23)36-11-4)38-29(20(6)9-2)32-27(34)17-21-12-15-24-26(16-21)37-30(31)33(24)7;1-2/h12-16,18,30H,8-11,17,31H2,1-7H3,(H,32,34);1-2H3. The van der Waals surface area contributed by atoms with Gasteiger partial charge in [0.1, 0.15) is 17.0 Å². The lowest BCUT2D eigenvalue weighted by Crippen LogP contribution is -2.32. The Hall–Kier alpha value is -2.55. The highest BCUT2D eigenvalue weighted by Gasteiger charge is 2.24. The largest absolute Gasteiger partial charge is 0.494 e. The lowest BCUT2D eigenvalue weighted by molar-refractivity contribution is -0.119. The second kappa shape index (κ2) is 16.7. The number of carbonyl (C=O) groups is 1. The Morgan fingerprint density at radius 1 is 1.00 bits per heavy atom. The van der Waals surface area contributed by atoms with Crippen molar-refractivity contribution in [3.05, 3.63) is 63.7 Å². The minimum atomic E-state index is -0.0941. The van der Waals surface area contributed by atoms with Gasteiger partial charge in [0.05, 0.1) is 30.4 Å². The van der Waals surface area contributed by atoms with E-state index < -0.39 is 0 Å². The van der Waals surface area contributed by atoms with Crippen molar-refractivity contribution in [2.75, 3.05) is 25.2 Å². The number of carbonyl (C=O) groups excluding carboxylic acids is 1. The molecule has 1 atom stereocenters. The molecule has 1 aliphatic heterocycles. The highest BCUT2D eigenvalue weighted by atomic mass is 32.2. The summed E-state index contributed by atoms with van der Waals surface area (Å²) in [6.45, 7) is 17.6. The first-order chi connectivity index (χ1) is 19.2. The second-order valence-electron chi connectivity index (χ2n) is 9.20. The van der Waals surface area contributed by atoms with E-state index in [1.165, 1.54) is 5.57 Å². The van der Waals surface area contributed by atoms with Crippen molar-refractivity contribution in [1.82, 2.24) is 5.32 Å². The summed E-state index contributed by atoms with van der Waals surface area (Å²) in [5, 5.41) is 4.10. The number of nitrogens with zero attached hydrogens (tertiary/aromatic N) is 1. The van der Waals surface area contributed by atoms with Crippen molar-refractivity contribution in [2.45, 2.75) is 85.0 Å². The topological polar surface area (TPSA) is 76.8 Å². The molecule has 0 radical (unpaired) electrons. The summed E-state index contributed by atoms with van der Waals surface area (Å²) in [7, 11) is 1.99. The van der Waals surface area contributed by atoms with E-state index in [9.17, 15) is 4.79 Å². The first kappa shape index (κ1) is 33.7. The number of amides is 1. The molecule has 1 unspecified atom stereocenters. The molecule has 220 valence electrons. The molecule has 0 fully saturated rings. The van der Waals surface area contributed by atoms with Crippen LogP contribution in [0.2, 0.25) is 0 Å². The number of rotatable bonds is 12. The van der Waals surface area contributed by atoms with Gasteiger partial charge in [0.25, 0.3) is 0 Å². The van der Waals surface area contributed by atoms with Crippen LogP contribution in [0.3, 0.4) is 0 Å². The Kier molecular flexibility index (Phi) is 14.0. The third kappa shape index (κ3) is 8.72. The zero-order chi connectivity index (χ0) is 29.8. The normalized spacial score (nSPS) is 15.3. The number of ether oxygens (including phenoxy) is 2. The minimum Gasteiger partial charge on any atom is -0.494 e. The van der Waals surface area contributed by atoms with Crippen LogP contribution in [-0.4, -0.2) is 31.7 Å². The zero-order valence-corrected chi connectivity index (χ0v) is 27.3. The fourth-order valence-electron chi connectivity index (χ4n) is 3.99. The number of nitrogens with one attached hydrogen (secondary N) is 1. The van der Waals surface area contributed by atoms with Gasteiger partial charge in [0, 0.05) is 28.5 Å². The Bertz CT molecular complexity index is 1210. The van der Waals surface area contributed by atoms with Gasteiger partial charge in [-0.2, -0.15) is 0 Å². The molecule has 0 saturated heterocycles. The predicted molar refractivity (Wildman–Crippen MR) is 174 cm³/mol. The van der Waals surface area contributed by atoms with E-state index in [1.54, 1.807) is 23.5 Å². The number of hydrogen-bond donors (Lipinski definition) is 2. The Labute approximate surface area is 250 Å². The molecule has 1 heterocycles. The van der Waals surface area contributed by atoms with Gasteiger partial charge in [-0.15, -0.1) is 0 Å². The van der Waals surface area contributed by atoms with Crippen LogP contribution in [0.5, 0.6) is 11.5 Å². The smallest absolute Gasteiger partial charge is 0.229 e. The van der Waals surface area contributed by atoms with E-state index in [1.807, 2.05) is 63.9 Å². The molecule has 40 heavy (non-hydrogen) atoms. The molecule has 2 aromatic rings. The quantitative estimate of drug-likeness (QED) is 0.260. The van der Waals surface area contributed by atoms with Gasteiger partial charge < -0.3 is 25.4 Å². The Balaban J connectivity index is 0.00000274. The van der Waals surface area contributed by atoms with Crippen molar-refractivity contribution in [2.24, 2.45) is 5.73 Å². The number of benzene rings is 2. The highest BCUT2D eigenvalue weighted by Crippen LogP contribution is 2.43. The highest BCUT2D eigenvalue weighted by molar-refractivity contribution is 8.11. The maximum Gasteiger partial charge on any atom is 0.229 e. The number of allylic oxidation sites excluding steroid dienone is 2. The molecule has 0 aliphatic carbocycles. The third-order valence-electron chi connectivity index (χ3n) is 6.50. The van der Waals surface area contributed by atoms with Crippen LogP contribution in [0, 0.1) is 0 Å². The van der Waals surface area contributed by atoms with Gasteiger partial charge in [-0.1, -0.05) is 62.9 Å². The number of nitrogens with two attached hydrogens (primary N) is 1. The molecular formula is C32H47N3O3S2. The van der Waals surface area contributed by atoms with Gasteiger partial charge in [-0.05, 0) is 75.9 Å². The molecule has 1 aliphatic rings. The summed E-state index contributed by atoms with van der Waals surface area (Å²) >= 11 is 3.22. The SMILES string of the molecule is CC.CCOc1ccc(C(SC(NC(=O)Cc2ccc3c(c2)SC(N)N3C)=C(C)CC)=C(C)CC)c(OCC)c1. The fraction of sp³-hybridized carbons (Fsp3) is 0.469. The zero-order valence-electron chi connectivity index (χ0n) is 25.6. The fourth-order valence-corrected chi connectivity index (χ4v) is 6.36. The molecule has 2 aromatic carbocycles. The maximum atomic E-state index is 13.3. The summed E-state index contributed by atoms with van der Waals surface area (Å²) in [5.74, 6) is 1.53. The average Bonchev–Trinajstić information content (AvgIpc) is 3.24. The van der Waals surface area contributed by atoms with Crippen LogP contribution in [0.1, 0.15) is 79.4 Å². The Morgan fingerprint density at radius 3 is 2.30 bits per heavy atom. The summed E-state index contributed by atoms with van der Waals surface area (Å²) in [5.41, 5.74) is 11.5. The lowest BCUT2D eigenvalue weighted by atomic mass is 10.1. The van der Waals surface area contributed by atoms with E-state index >= 15 is 0 Å². The molecule has 0 saturated carbocycles. The molecule has 3 N–H and O–H groups in total. The molecule has 8 heteroatoms. The first-order valence-corrected chi connectivity index (χ1v) is 16.0. The first-order valence-electron chi connectivity index (χ1n) is 14.3. The van der Waals surface area contributed by atoms with Gasteiger partial charge in [0.2, 0.25) is 5.91 Å². The summed E-state index contributed by atoms with van der Waals surface area (Å²) < 4.78 is 11.8. The summed E-state index contributed by atoms with van der Waals surface area (Å²) in [6, 6.07) is 12.1. The van der Waals surface area contributed by atoms with Crippen molar-refractivity contribution in [3.8, 4) is 11.5 Å². The van der Waals surface area contributed by atoms with Crippen LogP contribution >= 0.6 is 23.5 Å². The van der Waals surface area contributed by atoms with Crippen molar-refractivity contribution in [3.63, 3.8) is 0 Å². The molecule has 0 aromatic heterocycles. The van der Waals surface area contributed by atoms with Crippen LogP contribution < -0.4 is 25.4 Å². The van der Waals surface area contributed by atoms with E-state index in [0.29, 0.717) is 19.6 Å². The Morgan fingerprint density at radius 2 is 1.68 bits per heavy atom.